The average molecular weight is 229 g/mol. The second-order valence-corrected chi connectivity index (χ2v) is 5.40. The van der Waals surface area contributed by atoms with Gasteiger partial charge in [-0.2, -0.15) is 5.10 Å². The highest BCUT2D eigenvalue weighted by Crippen LogP contribution is 2.25. The number of aromatic nitrogens is 2. The summed E-state index contributed by atoms with van der Waals surface area (Å²) in [7, 11) is 0. The zero-order valence-electron chi connectivity index (χ0n) is 10.9. The summed E-state index contributed by atoms with van der Waals surface area (Å²) in [4.78, 5) is 0. The van der Waals surface area contributed by atoms with Crippen LogP contribution in [0.4, 0.5) is 5.82 Å². The fraction of sp³-hybridized carbons (Fsp3) is 0.357. The lowest BCUT2D eigenvalue weighted by atomic mass is 9.92. The Balaban J connectivity index is 2.55. The number of nitrogens with zero attached hydrogens (tertiary/aromatic N) is 2. The van der Waals surface area contributed by atoms with Gasteiger partial charge in [-0.15, -0.1) is 0 Å². The zero-order chi connectivity index (χ0) is 12.6. The van der Waals surface area contributed by atoms with E-state index in [4.69, 9.17) is 5.73 Å². The zero-order valence-corrected chi connectivity index (χ0v) is 10.9. The van der Waals surface area contributed by atoms with Crippen molar-refractivity contribution >= 4 is 5.82 Å². The van der Waals surface area contributed by atoms with Gasteiger partial charge in [-0.05, 0) is 18.6 Å². The van der Waals surface area contributed by atoms with Crippen LogP contribution in [-0.2, 0) is 5.41 Å². The maximum Gasteiger partial charge on any atom is 0.127 e. The van der Waals surface area contributed by atoms with Crippen LogP contribution in [0.15, 0.2) is 30.3 Å². The van der Waals surface area contributed by atoms with E-state index in [9.17, 15) is 0 Å². The first kappa shape index (κ1) is 11.7. The monoisotopic (exact) mass is 229 g/mol. The van der Waals surface area contributed by atoms with Gasteiger partial charge in [0.15, 0.2) is 0 Å². The van der Waals surface area contributed by atoms with E-state index >= 15 is 0 Å². The Kier molecular flexibility index (Phi) is 2.69. The molecule has 0 saturated heterocycles. The summed E-state index contributed by atoms with van der Waals surface area (Å²) >= 11 is 0. The Morgan fingerprint density at radius 2 is 1.82 bits per heavy atom. The maximum absolute atomic E-state index is 6.04. The number of nitrogens with two attached hydrogens (primary N) is 1. The molecule has 0 fully saturated rings. The molecular weight excluding hydrogens is 210 g/mol. The summed E-state index contributed by atoms with van der Waals surface area (Å²) in [5.41, 5.74) is 9.28. The fourth-order valence-electron chi connectivity index (χ4n) is 1.76. The highest BCUT2D eigenvalue weighted by Gasteiger charge is 2.19. The number of para-hydroxylation sites is 1. The third kappa shape index (κ3) is 2.18. The molecule has 1 aromatic carbocycles. The van der Waals surface area contributed by atoms with Crippen LogP contribution >= 0.6 is 0 Å². The molecule has 0 bridgehead atoms. The van der Waals surface area contributed by atoms with Gasteiger partial charge in [-0.3, -0.25) is 0 Å². The fourth-order valence-corrected chi connectivity index (χ4v) is 1.76. The standard InChI is InChI=1S/C14H19N3/c1-10-7-5-6-8-11(10)17-13(15)9-12(16-17)14(2,3)4/h5-9H,15H2,1-4H3. The van der Waals surface area contributed by atoms with E-state index in [1.807, 2.05) is 28.9 Å². The van der Waals surface area contributed by atoms with Crippen LogP contribution in [-0.4, -0.2) is 9.78 Å². The molecule has 3 nitrogen and oxygen atoms in total. The lowest BCUT2D eigenvalue weighted by molar-refractivity contribution is 0.560. The lowest BCUT2D eigenvalue weighted by Crippen LogP contribution is -2.12. The highest BCUT2D eigenvalue weighted by atomic mass is 15.3. The number of hydrogen-bond acceptors (Lipinski definition) is 2. The predicted octanol–water partition coefficient (Wildman–Crippen LogP) is 3.06. The van der Waals surface area contributed by atoms with Crippen LogP contribution < -0.4 is 5.73 Å². The van der Waals surface area contributed by atoms with Gasteiger partial charge in [0, 0.05) is 11.5 Å². The molecule has 3 heteroatoms. The smallest absolute Gasteiger partial charge is 0.127 e. The quantitative estimate of drug-likeness (QED) is 0.816. The van der Waals surface area contributed by atoms with Gasteiger partial charge in [-0.25, -0.2) is 4.68 Å². The molecule has 2 rings (SSSR count). The molecule has 90 valence electrons. The molecule has 0 aliphatic heterocycles. The molecule has 0 unspecified atom stereocenters. The Morgan fingerprint density at radius 3 is 2.35 bits per heavy atom. The molecular formula is C14H19N3. The maximum atomic E-state index is 6.04. The normalized spacial score (nSPS) is 11.8. The molecule has 2 aromatic rings. The van der Waals surface area contributed by atoms with Gasteiger partial charge in [0.25, 0.3) is 0 Å². The first-order valence-electron chi connectivity index (χ1n) is 5.81. The molecule has 17 heavy (non-hydrogen) atoms. The van der Waals surface area contributed by atoms with Crippen molar-refractivity contribution in [2.45, 2.75) is 33.1 Å². The number of anilines is 1. The average Bonchev–Trinajstić information content (AvgIpc) is 2.61. The highest BCUT2D eigenvalue weighted by molar-refractivity contribution is 5.47. The van der Waals surface area contributed by atoms with Crippen molar-refractivity contribution in [3.05, 3.63) is 41.6 Å². The number of nitrogen functional groups attached to an aromatic ring is 1. The molecule has 0 amide bonds. The molecule has 0 radical (unpaired) electrons. The van der Waals surface area contributed by atoms with Crippen LogP contribution in [0.2, 0.25) is 0 Å². The first-order valence-corrected chi connectivity index (χ1v) is 5.81. The van der Waals surface area contributed by atoms with Crippen LogP contribution in [0, 0.1) is 6.92 Å². The van der Waals surface area contributed by atoms with E-state index in [1.165, 1.54) is 5.56 Å². The molecule has 0 atom stereocenters. The van der Waals surface area contributed by atoms with Crippen molar-refractivity contribution in [2.24, 2.45) is 0 Å². The SMILES string of the molecule is Cc1ccccc1-n1nc(C(C)(C)C)cc1N. The van der Waals surface area contributed by atoms with E-state index in [1.54, 1.807) is 0 Å². The van der Waals surface area contributed by atoms with E-state index in [-0.39, 0.29) is 5.41 Å². The van der Waals surface area contributed by atoms with Crippen molar-refractivity contribution in [2.75, 3.05) is 5.73 Å². The summed E-state index contributed by atoms with van der Waals surface area (Å²) in [6.07, 6.45) is 0. The Hall–Kier alpha value is -1.77. The van der Waals surface area contributed by atoms with Gasteiger partial charge >= 0.3 is 0 Å². The summed E-state index contributed by atoms with van der Waals surface area (Å²) in [5, 5.41) is 4.60. The van der Waals surface area contributed by atoms with Crippen molar-refractivity contribution < 1.29 is 0 Å². The number of hydrogen-bond donors (Lipinski definition) is 1. The third-order valence-corrected chi connectivity index (χ3v) is 2.85. The van der Waals surface area contributed by atoms with E-state index < -0.39 is 0 Å². The predicted molar refractivity (Wildman–Crippen MR) is 71.4 cm³/mol. The number of benzene rings is 1. The van der Waals surface area contributed by atoms with Gasteiger partial charge in [0.1, 0.15) is 5.82 Å². The molecule has 0 spiro atoms. The minimum Gasteiger partial charge on any atom is -0.384 e. The lowest BCUT2D eigenvalue weighted by Gasteiger charge is -2.14. The summed E-state index contributed by atoms with van der Waals surface area (Å²) in [6, 6.07) is 10.1. The summed E-state index contributed by atoms with van der Waals surface area (Å²) in [6.45, 7) is 8.47. The minimum atomic E-state index is 0.0159. The van der Waals surface area contributed by atoms with E-state index in [2.05, 4.69) is 38.9 Å². The minimum absolute atomic E-state index is 0.0159. The van der Waals surface area contributed by atoms with Crippen molar-refractivity contribution in [1.29, 1.82) is 0 Å². The van der Waals surface area contributed by atoms with Crippen molar-refractivity contribution in [1.82, 2.24) is 9.78 Å². The summed E-state index contributed by atoms with van der Waals surface area (Å²) < 4.78 is 1.82. The van der Waals surface area contributed by atoms with Crippen LogP contribution in [0.3, 0.4) is 0 Å². The Bertz CT molecular complexity index is 533. The van der Waals surface area contributed by atoms with Gasteiger partial charge in [-0.1, -0.05) is 39.0 Å². The largest absolute Gasteiger partial charge is 0.384 e. The van der Waals surface area contributed by atoms with Crippen molar-refractivity contribution in [3.63, 3.8) is 0 Å². The molecule has 0 aliphatic carbocycles. The van der Waals surface area contributed by atoms with Crippen LogP contribution in [0.1, 0.15) is 32.0 Å². The Morgan fingerprint density at radius 1 is 1.18 bits per heavy atom. The molecule has 1 heterocycles. The molecule has 0 saturated carbocycles. The topological polar surface area (TPSA) is 43.8 Å². The van der Waals surface area contributed by atoms with Gasteiger partial charge < -0.3 is 5.73 Å². The van der Waals surface area contributed by atoms with Crippen molar-refractivity contribution in [3.8, 4) is 5.69 Å². The molecule has 0 aliphatic rings. The van der Waals surface area contributed by atoms with E-state index in [0.29, 0.717) is 5.82 Å². The Labute approximate surface area is 102 Å². The molecule has 1 aromatic heterocycles. The van der Waals surface area contributed by atoms with Gasteiger partial charge in [0.2, 0.25) is 0 Å². The van der Waals surface area contributed by atoms with Crippen LogP contribution in [0.25, 0.3) is 5.69 Å². The van der Waals surface area contributed by atoms with Gasteiger partial charge in [0.05, 0.1) is 11.4 Å². The van der Waals surface area contributed by atoms with E-state index in [0.717, 1.165) is 11.4 Å². The second kappa shape index (κ2) is 3.91. The third-order valence-electron chi connectivity index (χ3n) is 2.85. The number of aryl methyl sites for hydroxylation is 1. The molecule has 2 N–H and O–H groups in total. The number of rotatable bonds is 1. The first-order chi connectivity index (χ1) is 7.89. The summed E-state index contributed by atoms with van der Waals surface area (Å²) in [5.74, 6) is 0.684. The van der Waals surface area contributed by atoms with Crippen LogP contribution in [0.5, 0.6) is 0 Å². The second-order valence-electron chi connectivity index (χ2n) is 5.40.